The van der Waals surface area contributed by atoms with Crippen LogP contribution in [0.25, 0.3) is 0 Å². The quantitative estimate of drug-likeness (QED) is 0.101. The third kappa shape index (κ3) is 10.1. The van der Waals surface area contributed by atoms with Gasteiger partial charge in [-0.1, -0.05) is 12.8 Å². The molecule has 10 N–H and O–H groups in total. The van der Waals surface area contributed by atoms with Crippen LogP contribution in [-0.2, 0) is 19.1 Å². The van der Waals surface area contributed by atoms with Crippen LogP contribution in [0.4, 0.5) is 11.4 Å². The number of anilines is 2. The Kier molecular flexibility index (Phi) is 13.9. The summed E-state index contributed by atoms with van der Waals surface area (Å²) in [4.78, 5) is 24.7. The maximum Gasteiger partial charge on any atom is 0.229 e. The lowest BCUT2D eigenvalue weighted by Gasteiger charge is -2.39. The molecular weight excluding hydrogens is 636 g/mol. The van der Waals surface area contributed by atoms with E-state index >= 15 is 0 Å². The molecule has 2 aromatic carbocycles. The Morgan fingerprint density at radius 2 is 0.896 bits per heavy atom. The van der Waals surface area contributed by atoms with E-state index in [-0.39, 0.29) is 36.2 Å². The molecule has 0 spiro atoms. The smallest absolute Gasteiger partial charge is 0.229 e. The topological polar surface area (TPSA) is 257 Å². The minimum absolute atomic E-state index is 0.186. The molecule has 266 valence electrons. The van der Waals surface area contributed by atoms with Gasteiger partial charge < -0.3 is 70.4 Å². The first-order chi connectivity index (χ1) is 23.0. The summed E-state index contributed by atoms with van der Waals surface area (Å²) in [6.07, 6.45) is -10.6. The number of aliphatic hydroxyl groups is 8. The number of benzene rings is 2. The van der Waals surface area contributed by atoms with Gasteiger partial charge in [-0.25, -0.2) is 0 Å². The zero-order valence-corrected chi connectivity index (χ0v) is 26.1. The Morgan fingerprint density at radius 1 is 0.542 bits per heavy atom. The fourth-order valence-corrected chi connectivity index (χ4v) is 5.20. The van der Waals surface area contributed by atoms with Crippen molar-refractivity contribution in [3.8, 4) is 11.5 Å². The molecule has 10 atom stereocenters. The molecule has 2 heterocycles. The van der Waals surface area contributed by atoms with Gasteiger partial charge in [0.05, 0.1) is 13.2 Å². The highest BCUT2D eigenvalue weighted by molar-refractivity contribution is 5.91. The van der Waals surface area contributed by atoms with Crippen LogP contribution in [0.5, 0.6) is 11.5 Å². The van der Waals surface area contributed by atoms with Gasteiger partial charge in [-0.2, -0.15) is 0 Å². The number of aliphatic hydroxyl groups excluding tert-OH is 8. The number of unbranched alkanes of at least 4 members (excludes halogenated alkanes) is 3. The van der Waals surface area contributed by atoms with Crippen LogP contribution in [0.3, 0.4) is 0 Å². The third-order valence-electron chi connectivity index (χ3n) is 8.04. The fourth-order valence-electron chi connectivity index (χ4n) is 5.20. The lowest BCUT2D eigenvalue weighted by molar-refractivity contribution is -0.277. The monoisotopic (exact) mass is 680 g/mol. The molecule has 0 unspecified atom stereocenters. The van der Waals surface area contributed by atoms with E-state index in [1.54, 1.807) is 24.3 Å². The largest absolute Gasteiger partial charge is 0.462 e. The lowest BCUT2D eigenvalue weighted by atomic mass is 9.99. The van der Waals surface area contributed by atoms with Crippen molar-refractivity contribution in [3.05, 3.63) is 48.5 Å². The van der Waals surface area contributed by atoms with Gasteiger partial charge in [-0.05, 0) is 61.4 Å². The summed E-state index contributed by atoms with van der Waals surface area (Å²) >= 11 is 0. The Balaban J connectivity index is 1.08. The Hall–Kier alpha value is -3.42. The molecule has 2 fully saturated rings. The molecule has 2 amide bonds. The average molecular weight is 681 g/mol. The molecule has 0 radical (unpaired) electrons. The fraction of sp³-hybridized carbons (Fsp3) is 0.562. The summed E-state index contributed by atoms with van der Waals surface area (Å²) in [6.45, 7) is -1.14. The molecule has 16 heteroatoms. The van der Waals surface area contributed by atoms with Gasteiger partial charge in [0.1, 0.15) is 60.3 Å². The number of ether oxygens (including phenoxy) is 4. The molecule has 4 rings (SSSR count). The molecule has 48 heavy (non-hydrogen) atoms. The number of amides is 2. The van der Waals surface area contributed by atoms with Gasteiger partial charge in [0.2, 0.25) is 24.4 Å². The van der Waals surface area contributed by atoms with Gasteiger partial charge in [0.25, 0.3) is 0 Å². The van der Waals surface area contributed by atoms with Crippen LogP contribution in [0.1, 0.15) is 38.5 Å². The van der Waals surface area contributed by atoms with Crippen molar-refractivity contribution in [2.75, 3.05) is 23.8 Å². The minimum atomic E-state index is -1.55. The predicted octanol–water partition coefficient (Wildman–Crippen LogP) is -1.04. The first-order valence-corrected chi connectivity index (χ1v) is 15.7. The highest BCUT2D eigenvalue weighted by atomic mass is 16.7. The zero-order chi connectivity index (χ0) is 34.8. The summed E-state index contributed by atoms with van der Waals surface area (Å²) in [5, 5.41) is 83.9. The maximum atomic E-state index is 12.4. The molecule has 0 aliphatic carbocycles. The van der Waals surface area contributed by atoms with Crippen molar-refractivity contribution < 1.29 is 69.4 Å². The van der Waals surface area contributed by atoms with Crippen LogP contribution in [0.15, 0.2) is 48.5 Å². The van der Waals surface area contributed by atoms with E-state index in [2.05, 4.69) is 10.6 Å². The van der Waals surface area contributed by atoms with Gasteiger partial charge in [0.15, 0.2) is 0 Å². The standard InChI is InChI=1S/C32H44N2O14/c35-15-21-25(39)27(41)29(43)31(47-21)45-19-11-7-17(8-12-19)33-23(37)5-3-1-2-4-6-24(38)34-18-9-13-20(14-10-18)46-32-30(44)28(42)26(40)22(16-36)48-32/h7-14,21-22,25-32,35-36,39-44H,1-6,15-16H2,(H,33,37)(H,34,38)/t21-,22-,25-,26-,27+,28+,29-,30-,31-,32-/m1/s1. The van der Waals surface area contributed by atoms with E-state index in [9.17, 15) is 50.4 Å². The summed E-state index contributed by atoms with van der Waals surface area (Å²) in [6, 6.07) is 12.5. The number of hydrogen-bond acceptors (Lipinski definition) is 14. The highest BCUT2D eigenvalue weighted by Crippen LogP contribution is 2.27. The highest BCUT2D eigenvalue weighted by Gasteiger charge is 2.45. The number of rotatable bonds is 15. The van der Waals surface area contributed by atoms with E-state index < -0.39 is 74.6 Å². The first-order valence-electron chi connectivity index (χ1n) is 15.7. The summed E-state index contributed by atoms with van der Waals surface area (Å²) < 4.78 is 21.7. The summed E-state index contributed by atoms with van der Waals surface area (Å²) in [7, 11) is 0. The van der Waals surface area contributed by atoms with Crippen LogP contribution >= 0.6 is 0 Å². The van der Waals surface area contributed by atoms with Gasteiger partial charge in [-0.15, -0.1) is 0 Å². The minimum Gasteiger partial charge on any atom is -0.462 e. The van der Waals surface area contributed by atoms with Crippen LogP contribution in [0.2, 0.25) is 0 Å². The van der Waals surface area contributed by atoms with E-state index in [0.29, 0.717) is 24.2 Å². The molecule has 0 bridgehead atoms. The summed E-state index contributed by atoms with van der Waals surface area (Å²) in [5.41, 5.74) is 1.04. The van der Waals surface area contributed by atoms with E-state index in [1.165, 1.54) is 24.3 Å². The number of carbonyl (C=O) groups excluding carboxylic acids is 2. The van der Waals surface area contributed by atoms with Crippen molar-refractivity contribution in [1.29, 1.82) is 0 Å². The van der Waals surface area contributed by atoms with Crippen LogP contribution in [-0.4, -0.2) is 127 Å². The van der Waals surface area contributed by atoms with Gasteiger partial charge in [-0.3, -0.25) is 9.59 Å². The van der Waals surface area contributed by atoms with E-state index in [0.717, 1.165) is 12.8 Å². The van der Waals surface area contributed by atoms with Crippen molar-refractivity contribution in [2.45, 2.75) is 99.9 Å². The van der Waals surface area contributed by atoms with Crippen molar-refractivity contribution in [2.24, 2.45) is 0 Å². The van der Waals surface area contributed by atoms with E-state index in [1.807, 2.05) is 0 Å². The van der Waals surface area contributed by atoms with Crippen molar-refractivity contribution in [3.63, 3.8) is 0 Å². The second-order valence-electron chi connectivity index (χ2n) is 11.7. The third-order valence-corrected chi connectivity index (χ3v) is 8.04. The van der Waals surface area contributed by atoms with Crippen molar-refractivity contribution >= 4 is 23.2 Å². The summed E-state index contributed by atoms with van der Waals surface area (Å²) in [5.74, 6) is 0.182. The lowest BCUT2D eigenvalue weighted by Crippen LogP contribution is -2.60. The number of nitrogens with one attached hydrogen (secondary N) is 2. The molecule has 2 saturated heterocycles. The second-order valence-corrected chi connectivity index (χ2v) is 11.7. The van der Waals surface area contributed by atoms with Crippen molar-refractivity contribution in [1.82, 2.24) is 0 Å². The maximum absolute atomic E-state index is 12.4. The average Bonchev–Trinajstić information content (AvgIpc) is 3.08. The number of carbonyl (C=O) groups is 2. The predicted molar refractivity (Wildman–Crippen MR) is 167 cm³/mol. The second kappa shape index (κ2) is 17.8. The normalized spacial score (nSPS) is 30.3. The molecule has 0 aromatic heterocycles. The molecule has 0 saturated carbocycles. The molecule has 2 aliphatic rings. The number of hydrogen-bond donors (Lipinski definition) is 10. The molecule has 16 nitrogen and oxygen atoms in total. The Labute approximate surface area is 276 Å². The SMILES string of the molecule is O=C(CCCCCCC(=O)Nc1ccc(O[C@@H]2O[C@H](CO)[C@@H](O)[C@H](O)[C@H]2O)cc1)Nc1ccc(O[C@@H]2O[C@H](CO)[C@@H](O)[C@H](O)[C@H]2O)cc1. The Morgan fingerprint density at radius 3 is 1.23 bits per heavy atom. The van der Waals surface area contributed by atoms with Gasteiger partial charge >= 0.3 is 0 Å². The molecule has 2 aromatic rings. The Bertz CT molecular complexity index is 1200. The van der Waals surface area contributed by atoms with Crippen LogP contribution in [0, 0.1) is 0 Å². The van der Waals surface area contributed by atoms with Gasteiger partial charge in [0, 0.05) is 24.2 Å². The molecular formula is C32H44N2O14. The zero-order valence-electron chi connectivity index (χ0n) is 26.1. The van der Waals surface area contributed by atoms with E-state index in [4.69, 9.17) is 18.9 Å². The molecule has 2 aliphatic heterocycles. The van der Waals surface area contributed by atoms with Crippen LogP contribution < -0.4 is 20.1 Å². The first kappa shape index (κ1) is 37.4.